The molecule has 126 valence electrons. The molecule has 1 aliphatic heterocycles. The van der Waals surface area contributed by atoms with Crippen LogP contribution in [0, 0.1) is 10.1 Å². The summed E-state index contributed by atoms with van der Waals surface area (Å²) >= 11 is 1.06. The van der Waals surface area contributed by atoms with Crippen molar-refractivity contribution in [3.8, 4) is 0 Å². The molecule has 0 spiro atoms. The first-order valence-corrected chi connectivity index (χ1v) is 8.00. The lowest BCUT2D eigenvalue weighted by molar-refractivity contribution is -0.387. The highest BCUT2D eigenvalue weighted by atomic mass is 32.2. The Balaban J connectivity index is 1.84. The van der Waals surface area contributed by atoms with Gasteiger partial charge in [0, 0.05) is 18.2 Å². The molecule has 1 aromatic heterocycles. The Labute approximate surface area is 140 Å². The number of carbonyl (C=O) groups excluding carboxylic acids is 1. The van der Waals surface area contributed by atoms with Gasteiger partial charge in [-0.2, -0.15) is 0 Å². The zero-order valence-corrected chi connectivity index (χ0v) is 13.3. The van der Waals surface area contributed by atoms with Gasteiger partial charge in [0.1, 0.15) is 0 Å². The van der Waals surface area contributed by atoms with Crippen LogP contribution >= 0.6 is 11.8 Å². The number of hydrogen-bond donors (Lipinski definition) is 1. The Morgan fingerprint density at radius 1 is 1.54 bits per heavy atom. The number of nitro benzene ring substituents is 1. The van der Waals surface area contributed by atoms with Crippen LogP contribution in [-0.4, -0.2) is 43.7 Å². The minimum absolute atomic E-state index is 0.0417. The molecule has 1 unspecified atom stereocenters. The van der Waals surface area contributed by atoms with Gasteiger partial charge in [-0.25, -0.2) is 4.68 Å². The molecule has 2 N–H and O–H groups in total. The van der Waals surface area contributed by atoms with Crippen LogP contribution in [0.3, 0.4) is 0 Å². The number of primary amides is 1. The highest BCUT2D eigenvalue weighted by Gasteiger charge is 2.22. The standard InChI is InChI=1S/C13H14N6O4S/c14-12(20)8-3-4-11(10(6-8)19(21)22)24-13-15-16-17-18(13)7-9-2-1-5-23-9/h3-4,6,9H,1-2,5,7H2,(H2,14,20). The minimum Gasteiger partial charge on any atom is -0.376 e. The number of ether oxygens (including phenoxy) is 1. The summed E-state index contributed by atoms with van der Waals surface area (Å²) in [4.78, 5) is 22.2. The molecule has 0 aliphatic carbocycles. The minimum atomic E-state index is -0.724. The molecule has 24 heavy (non-hydrogen) atoms. The van der Waals surface area contributed by atoms with E-state index in [-0.39, 0.29) is 17.4 Å². The quantitative estimate of drug-likeness (QED) is 0.601. The molecular weight excluding hydrogens is 336 g/mol. The Morgan fingerprint density at radius 2 is 2.38 bits per heavy atom. The molecular formula is C13H14N6O4S. The first-order chi connectivity index (χ1) is 11.5. The zero-order valence-electron chi connectivity index (χ0n) is 12.5. The number of nitrogens with two attached hydrogens (primary N) is 1. The molecule has 1 fully saturated rings. The van der Waals surface area contributed by atoms with Gasteiger partial charge in [0.25, 0.3) is 5.69 Å². The lowest BCUT2D eigenvalue weighted by Crippen LogP contribution is -2.16. The van der Waals surface area contributed by atoms with Crippen molar-refractivity contribution in [2.24, 2.45) is 5.73 Å². The maximum atomic E-state index is 11.3. The van der Waals surface area contributed by atoms with Gasteiger partial charge in [0.2, 0.25) is 11.1 Å². The number of carbonyl (C=O) groups is 1. The Kier molecular flexibility index (Phi) is 4.71. The zero-order chi connectivity index (χ0) is 17.1. The van der Waals surface area contributed by atoms with Crippen LogP contribution in [0.5, 0.6) is 0 Å². The van der Waals surface area contributed by atoms with Gasteiger partial charge in [-0.3, -0.25) is 14.9 Å². The largest absolute Gasteiger partial charge is 0.376 e. The SMILES string of the molecule is NC(=O)c1ccc(Sc2nnnn2CC2CCCO2)c([N+](=O)[O-])c1. The summed E-state index contributed by atoms with van der Waals surface area (Å²) in [6.07, 6.45) is 1.97. The van der Waals surface area contributed by atoms with E-state index in [2.05, 4.69) is 15.5 Å². The maximum Gasteiger partial charge on any atom is 0.284 e. The Hall–Kier alpha value is -2.53. The van der Waals surface area contributed by atoms with Crippen LogP contribution in [0.4, 0.5) is 5.69 Å². The summed E-state index contributed by atoms with van der Waals surface area (Å²) in [5.41, 5.74) is 5.02. The second-order valence-corrected chi connectivity index (χ2v) is 6.19. The van der Waals surface area contributed by atoms with Crippen LogP contribution in [0.2, 0.25) is 0 Å². The van der Waals surface area contributed by atoms with Crippen LogP contribution in [-0.2, 0) is 11.3 Å². The molecule has 1 aromatic carbocycles. The van der Waals surface area contributed by atoms with E-state index in [1.54, 1.807) is 4.68 Å². The van der Waals surface area contributed by atoms with E-state index < -0.39 is 10.8 Å². The fraction of sp³-hybridized carbons (Fsp3) is 0.385. The number of tetrazole rings is 1. The molecule has 0 radical (unpaired) electrons. The van der Waals surface area contributed by atoms with Crippen molar-refractivity contribution in [3.05, 3.63) is 33.9 Å². The number of benzene rings is 1. The van der Waals surface area contributed by atoms with E-state index in [9.17, 15) is 14.9 Å². The number of rotatable bonds is 6. The summed E-state index contributed by atoms with van der Waals surface area (Å²) in [5.74, 6) is -0.724. The number of hydrogen-bond acceptors (Lipinski definition) is 8. The normalized spacial score (nSPS) is 17.1. The fourth-order valence-electron chi connectivity index (χ4n) is 2.36. The molecule has 10 nitrogen and oxygen atoms in total. The van der Waals surface area contributed by atoms with Crippen LogP contribution in [0.25, 0.3) is 0 Å². The van der Waals surface area contributed by atoms with Crippen molar-refractivity contribution in [2.45, 2.75) is 35.5 Å². The van der Waals surface area contributed by atoms with Crippen molar-refractivity contribution in [1.82, 2.24) is 20.2 Å². The molecule has 1 aliphatic rings. The first kappa shape index (κ1) is 16.3. The summed E-state index contributed by atoms with van der Waals surface area (Å²) in [6, 6.07) is 4.05. The smallest absolute Gasteiger partial charge is 0.284 e. The van der Waals surface area contributed by atoms with Crippen molar-refractivity contribution >= 4 is 23.4 Å². The lowest BCUT2D eigenvalue weighted by Gasteiger charge is -2.10. The number of aromatic nitrogens is 4. The maximum absolute atomic E-state index is 11.3. The van der Waals surface area contributed by atoms with E-state index >= 15 is 0 Å². The van der Waals surface area contributed by atoms with Gasteiger partial charge in [-0.15, -0.1) is 5.10 Å². The molecule has 1 saturated heterocycles. The van der Waals surface area contributed by atoms with Crippen LogP contribution in [0.15, 0.2) is 28.3 Å². The number of nitrogens with zero attached hydrogens (tertiary/aromatic N) is 5. The average molecular weight is 350 g/mol. The second-order valence-electron chi connectivity index (χ2n) is 5.18. The number of amides is 1. The number of nitro groups is 1. The van der Waals surface area contributed by atoms with Gasteiger partial charge in [-0.1, -0.05) is 0 Å². The predicted molar refractivity (Wildman–Crippen MR) is 82.5 cm³/mol. The van der Waals surface area contributed by atoms with E-state index in [0.29, 0.717) is 16.6 Å². The van der Waals surface area contributed by atoms with Gasteiger partial charge in [0.05, 0.1) is 22.5 Å². The second kappa shape index (κ2) is 6.93. The van der Waals surface area contributed by atoms with E-state index in [0.717, 1.165) is 37.3 Å². The molecule has 0 bridgehead atoms. The van der Waals surface area contributed by atoms with Crippen molar-refractivity contribution in [2.75, 3.05) is 6.61 Å². The molecule has 3 rings (SSSR count). The predicted octanol–water partition coefficient (Wildman–Crippen LogP) is 1.01. The lowest BCUT2D eigenvalue weighted by atomic mass is 10.2. The third-order valence-corrected chi connectivity index (χ3v) is 4.58. The molecule has 1 amide bonds. The van der Waals surface area contributed by atoms with Crippen LogP contribution in [0.1, 0.15) is 23.2 Å². The monoisotopic (exact) mass is 350 g/mol. The summed E-state index contributed by atoms with van der Waals surface area (Å²) in [6.45, 7) is 1.21. The first-order valence-electron chi connectivity index (χ1n) is 7.18. The van der Waals surface area contributed by atoms with E-state index in [4.69, 9.17) is 10.5 Å². The van der Waals surface area contributed by atoms with E-state index in [1.165, 1.54) is 12.1 Å². The third kappa shape index (κ3) is 3.51. The Morgan fingerprint density at radius 3 is 3.04 bits per heavy atom. The molecule has 11 heteroatoms. The van der Waals surface area contributed by atoms with Crippen molar-refractivity contribution < 1.29 is 14.5 Å². The Bertz CT molecular complexity index is 774. The van der Waals surface area contributed by atoms with Gasteiger partial charge in [-0.05, 0) is 47.2 Å². The topological polar surface area (TPSA) is 139 Å². The molecule has 2 heterocycles. The van der Waals surface area contributed by atoms with Gasteiger partial charge < -0.3 is 10.5 Å². The van der Waals surface area contributed by atoms with Gasteiger partial charge >= 0.3 is 0 Å². The highest BCUT2D eigenvalue weighted by Crippen LogP contribution is 2.34. The molecule has 2 aromatic rings. The fourth-order valence-corrected chi connectivity index (χ4v) is 3.23. The highest BCUT2D eigenvalue weighted by molar-refractivity contribution is 7.99. The average Bonchev–Trinajstić information content (AvgIpc) is 3.20. The van der Waals surface area contributed by atoms with Gasteiger partial charge in [0.15, 0.2) is 0 Å². The third-order valence-electron chi connectivity index (χ3n) is 3.54. The molecule has 0 saturated carbocycles. The van der Waals surface area contributed by atoms with Crippen LogP contribution < -0.4 is 5.73 Å². The van der Waals surface area contributed by atoms with Crippen molar-refractivity contribution in [3.63, 3.8) is 0 Å². The molecule has 1 atom stereocenters. The van der Waals surface area contributed by atoms with Crippen molar-refractivity contribution in [1.29, 1.82) is 0 Å². The summed E-state index contributed by atoms with van der Waals surface area (Å²) < 4.78 is 7.11. The summed E-state index contributed by atoms with van der Waals surface area (Å²) in [5, 5.41) is 23.1. The van der Waals surface area contributed by atoms with E-state index in [1.807, 2.05) is 0 Å². The summed E-state index contributed by atoms with van der Waals surface area (Å²) in [7, 11) is 0.